The predicted molar refractivity (Wildman–Crippen MR) is 50.9 cm³/mol. The van der Waals surface area contributed by atoms with Crippen molar-refractivity contribution in [3.05, 3.63) is 17.9 Å². The molecule has 0 spiro atoms. The minimum atomic E-state index is -4.10. The highest BCUT2D eigenvalue weighted by Crippen LogP contribution is 2.31. The Bertz CT molecular complexity index is 472. The summed E-state index contributed by atoms with van der Waals surface area (Å²) in [7, 11) is -1.48. The number of sulfonamides is 1. The molecule has 0 unspecified atom stereocenters. The van der Waals surface area contributed by atoms with Crippen molar-refractivity contribution in [2.45, 2.75) is 4.90 Å². The van der Waals surface area contributed by atoms with Gasteiger partial charge in [0.1, 0.15) is 10.7 Å². The molecule has 0 aromatic heterocycles. The molecule has 0 heterocycles. The van der Waals surface area contributed by atoms with Gasteiger partial charge in [-0.25, -0.2) is 17.9 Å². The van der Waals surface area contributed by atoms with Gasteiger partial charge in [-0.2, -0.15) is 0 Å². The van der Waals surface area contributed by atoms with Crippen LogP contribution in [0.15, 0.2) is 17.0 Å². The summed E-state index contributed by atoms with van der Waals surface area (Å²) >= 11 is 0. The molecule has 7 heteroatoms. The Labute approximate surface area is 86.7 Å². The second-order valence-electron chi connectivity index (χ2n) is 2.68. The largest absolute Gasteiger partial charge is 0.493 e. The fourth-order valence-corrected chi connectivity index (χ4v) is 1.66. The van der Waals surface area contributed by atoms with Gasteiger partial charge in [-0.15, -0.1) is 0 Å². The molecule has 0 bridgehead atoms. The standard InChI is InChI=1S/C8H10FNO4S/c1-13-6-3-5(9)8(15(10,11)12)4-7(6)14-2/h3-4H,1-2H3,(H2,10,11,12). The lowest BCUT2D eigenvalue weighted by Gasteiger charge is -2.09. The number of halogens is 1. The number of hydrogen-bond acceptors (Lipinski definition) is 4. The lowest BCUT2D eigenvalue weighted by atomic mass is 10.3. The Morgan fingerprint density at radius 1 is 1.20 bits per heavy atom. The monoisotopic (exact) mass is 235 g/mol. The van der Waals surface area contributed by atoms with Crippen LogP contribution in [0, 0.1) is 5.82 Å². The van der Waals surface area contributed by atoms with Crippen LogP contribution < -0.4 is 14.6 Å². The van der Waals surface area contributed by atoms with Gasteiger partial charge in [-0.3, -0.25) is 0 Å². The molecule has 1 aromatic carbocycles. The van der Waals surface area contributed by atoms with Crippen molar-refractivity contribution in [1.82, 2.24) is 0 Å². The Morgan fingerprint density at radius 2 is 1.67 bits per heavy atom. The minimum absolute atomic E-state index is 0.0994. The number of nitrogens with two attached hydrogens (primary N) is 1. The van der Waals surface area contributed by atoms with Gasteiger partial charge in [0, 0.05) is 12.1 Å². The van der Waals surface area contributed by atoms with E-state index in [-0.39, 0.29) is 11.5 Å². The van der Waals surface area contributed by atoms with Crippen molar-refractivity contribution in [2.24, 2.45) is 5.14 Å². The number of methoxy groups -OCH3 is 2. The van der Waals surface area contributed by atoms with Crippen LogP contribution >= 0.6 is 0 Å². The summed E-state index contributed by atoms with van der Waals surface area (Å²) < 4.78 is 44.8. The maximum atomic E-state index is 13.3. The SMILES string of the molecule is COc1cc(F)c(S(N)(=O)=O)cc1OC. The average Bonchev–Trinajstić information content (AvgIpc) is 2.15. The summed E-state index contributed by atoms with van der Waals surface area (Å²) in [5, 5.41) is 4.81. The highest BCUT2D eigenvalue weighted by atomic mass is 32.2. The molecule has 2 N–H and O–H groups in total. The lowest BCUT2D eigenvalue weighted by Crippen LogP contribution is -2.14. The zero-order valence-electron chi connectivity index (χ0n) is 8.15. The van der Waals surface area contributed by atoms with E-state index in [4.69, 9.17) is 14.6 Å². The van der Waals surface area contributed by atoms with E-state index in [1.165, 1.54) is 14.2 Å². The van der Waals surface area contributed by atoms with E-state index in [1.807, 2.05) is 0 Å². The third-order valence-corrected chi connectivity index (χ3v) is 2.67. The molecular formula is C8H10FNO4S. The molecule has 0 aliphatic heterocycles. The maximum absolute atomic E-state index is 13.3. The van der Waals surface area contributed by atoms with Crippen molar-refractivity contribution in [1.29, 1.82) is 0 Å². The van der Waals surface area contributed by atoms with E-state index in [0.717, 1.165) is 12.1 Å². The van der Waals surface area contributed by atoms with Gasteiger partial charge >= 0.3 is 0 Å². The molecule has 5 nitrogen and oxygen atoms in total. The predicted octanol–water partition coefficient (Wildman–Crippen LogP) is 0.490. The van der Waals surface area contributed by atoms with Gasteiger partial charge < -0.3 is 9.47 Å². The van der Waals surface area contributed by atoms with Crippen molar-refractivity contribution in [3.63, 3.8) is 0 Å². The number of ether oxygens (including phenoxy) is 2. The van der Waals surface area contributed by atoms with Crippen LogP contribution in [-0.4, -0.2) is 22.6 Å². The smallest absolute Gasteiger partial charge is 0.241 e. The molecule has 0 aliphatic carbocycles. The van der Waals surface area contributed by atoms with Crippen LogP contribution in [0.3, 0.4) is 0 Å². The Morgan fingerprint density at radius 3 is 2.07 bits per heavy atom. The van der Waals surface area contributed by atoms with E-state index >= 15 is 0 Å². The summed E-state index contributed by atoms with van der Waals surface area (Å²) in [6.07, 6.45) is 0. The summed E-state index contributed by atoms with van der Waals surface area (Å²) in [6.45, 7) is 0. The number of primary sulfonamides is 1. The lowest BCUT2D eigenvalue weighted by molar-refractivity contribution is 0.350. The number of benzene rings is 1. The normalized spacial score (nSPS) is 11.2. The first-order valence-electron chi connectivity index (χ1n) is 3.84. The van der Waals surface area contributed by atoms with Crippen LogP contribution in [0.25, 0.3) is 0 Å². The molecule has 0 radical (unpaired) electrons. The van der Waals surface area contributed by atoms with Gasteiger partial charge in [0.25, 0.3) is 0 Å². The van der Waals surface area contributed by atoms with Crippen LogP contribution in [-0.2, 0) is 10.0 Å². The van der Waals surface area contributed by atoms with Crippen molar-refractivity contribution < 1.29 is 22.3 Å². The average molecular weight is 235 g/mol. The van der Waals surface area contributed by atoms with Crippen LogP contribution in [0.2, 0.25) is 0 Å². The molecule has 0 amide bonds. The van der Waals surface area contributed by atoms with Crippen molar-refractivity contribution in [3.8, 4) is 11.5 Å². The molecule has 1 rings (SSSR count). The fraction of sp³-hybridized carbons (Fsp3) is 0.250. The van der Waals surface area contributed by atoms with Crippen molar-refractivity contribution >= 4 is 10.0 Å². The molecular weight excluding hydrogens is 225 g/mol. The van der Waals surface area contributed by atoms with E-state index in [0.29, 0.717) is 0 Å². The molecule has 0 aliphatic rings. The van der Waals surface area contributed by atoms with Gasteiger partial charge in [0.05, 0.1) is 14.2 Å². The topological polar surface area (TPSA) is 78.6 Å². The highest BCUT2D eigenvalue weighted by Gasteiger charge is 2.18. The molecule has 0 fully saturated rings. The van der Waals surface area contributed by atoms with Crippen molar-refractivity contribution in [2.75, 3.05) is 14.2 Å². The Balaban J connectivity index is 3.46. The second kappa shape index (κ2) is 4.03. The highest BCUT2D eigenvalue weighted by molar-refractivity contribution is 7.89. The minimum Gasteiger partial charge on any atom is -0.493 e. The third-order valence-electron chi connectivity index (χ3n) is 1.74. The molecule has 84 valence electrons. The van der Waals surface area contributed by atoms with Gasteiger partial charge in [-0.1, -0.05) is 0 Å². The van der Waals surface area contributed by atoms with Crippen LogP contribution in [0.4, 0.5) is 4.39 Å². The van der Waals surface area contributed by atoms with Crippen LogP contribution in [0.5, 0.6) is 11.5 Å². The summed E-state index contributed by atoms with van der Waals surface area (Å²) in [4.78, 5) is -0.625. The number of hydrogen-bond donors (Lipinski definition) is 1. The van der Waals surface area contributed by atoms with E-state index in [9.17, 15) is 12.8 Å². The Hall–Kier alpha value is -1.34. The molecule has 0 saturated heterocycles. The Kier molecular flexibility index (Phi) is 3.15. The maximum Gasteiger partial charge on any atom is 0.241 e. The molecule has 0 atom stereocenters. The zero-order chi connectivity index (χ0) is 11.6. The second-order valence-corrected chi connectivity index (χ2v) is 4.21. The zero-order valence-corrected chi connectivity index (χ0v) is 8.97. The first kappa shape index (κ1) is 11.7. The first-order valence-corrected chi connectivity index (χ1v) is 5.39. The van der Waals surface area contributed by atoms with Crippen LogP contribution in [0.1, 0.15) is 0 Å². The fourth-order valence-electron chi connectivity index (χ4n) is 1.05. The summed E-state index contributed by atoms with van der Waals surface area (Å²) in [5.74, 6) is -0.777. The summed E-state index contributed by atoms with van der Waals surface area (Å²) in [6, 6.07) is 1.88. The first-order chi connectivity index (χ1) is 6.90. The molecule has 0 saturated carbocycles. The van der Waals surface area contributed by atoms with Gasteiger partial charge in [-0.05, 0) is 0 Å². The van der Waals surface area contributed by atoms with Gasteiger partial charge in [0.2, 0.25) is 10.0 Å². The summed E-state index contributed by atoms with van der Waals surface area (Å²) in [5.41, 5.74) is 0. The molecule has 1 aromatic rings. The third kappa shape index (κ3) is 2.37. The quantitative estimate of drug-likeness (QED) is 0.827. The van der Waals surface area contributed by atoms with E-state index in [1.54, 1.807) is 0 Å². The molecule has 15 heavy (non-hydrogen) atoms. The van der Waals surface area contributed by atoms with E-state index < -0.39 is 20.7 Å². The number of rotatable bonds is 3. The van der Waals surface area contributed by atoms with E-state index in [2.05, 4.69) is 0 Å². The van der Waals surface area contributed by atoms with Gasteiger partial charge in [0.15, 0.2) is 11.5 Å².